The van der Waals surface area contributed by atoms with Gasteiger partial charge in [0.2, 0.25) is 0 Å². The molecular formula is C18H16ClNO2. The van der Waals surface area contributed by atoms with Crippen molar-refractivity contribution in [1.29, 1.82) is 0 Å². The van der Waals surface area contributed by atoms with E-state index in [0.29, 0.717) is 0 Å². The lowest BCUT2D eigenvalue weighted by molar-refractivity contribution is -0.386. The van der Waals surface area contributed by atoms with Crippen molar-refractivity contribution in [2.24, 2.45) is 0 Å². The molecule has 0 aliphatic heterocycles. The lowest BCUT2D eigenvalue weighted by Gasteiger charge is -2.03. The molecule has 0 fully saturated rings. The highest BCUT2D eigenvalue weighted by Crippen LogP contribution is 2.14. The van der Waals surface area contributed by atoms with Crippen LogP contribution in [0.4, 0.5) is 0 Å². The average Bonchev–Trinajstić information content (AvgIpc) is 2.55. The second-order valence-corrected chi connectivity index (χ2v) is 5.17. The van der Waals surface area contributed by atoms with E-state index in [9.17, 15) is 9.90 Å². The summed E-state index contributed by atoms with van der Waals surface area (Å²) in [7, 11) is 0. The summed E-state index contributed by atoms with van der Waals surface area (Å²) in [6.07, 6.45) is 0. The van der Waals surface area contributed by atoms with Gasteiger partial charge in [-0.25, -0.2) is 0 Å². The van der Waals surface area contributed by atoms with Crippen molar-refractivity contribution < 1.29 is 15.6 Å². The number of aromatic carboxylic acids is 1. The van der Waals surface area contributed by atoms with E-state index in [-0.39, 0.29) is 5.56 Å². The third-order valence-electron chi connectivity index (χ3n) is 3.16. The molecule has 0 aromatic heterocycles. The molecule has 0 spiro atoms. The molecule has 112 valence electrons. The molecule has 0 aliphatic rings. The summed E-state index contributed by atoms with van der Waals surface area (Å²) in [4.78, 5) is 10.5. The molecule has 0 bridgehead atoms. The van der Waals surface area contributed by atoms with E-state index >= 15 is 0 Å². The third-order valence-corrected chi connectivity index (χ3v) is 3.40. The second kappa shape index (κ2) is 7.59. The standard InChI is InChI=1S/C11H8O2.C7H8ClN/c12-11(13)10-6-5-8-3-1-2-4-9(8)7-10;8-7-3-1-2-6(4-7)5-9/h1-7H,(H,12,13);1-4H,5,9H2. The van der Waals surface area contributed by atoms with E-state index in [1.54, 1.807) is 18.2 Å². The van der Waals surface area contributed by atoms with Crippen LogP contribution in [0.15, 0.2) is 66.7 Å². The predicted octanol–water partition coefficient (Wildman–Crippen LogP) is 2.29. The number of rotatable bonds is 2. The molecular weight excluding hydrogens is 298 g/mol. The van der Waals surface area contributed by atoms with Crippen LogP contribution in [0, 0.1) is 0 Å². The van der Waals surface area contributed by atoms with Crippen LogP contribution in [0.1, 0.15) is 15.9 Å². The van der Waals surface area contributed by atoms with Gasteiger partial charge in [0.1, 0.15) is 0 Å². The molecule has 4 heteroatoms. The van der Waals surface area contributed by atoms with E-state index in [1.807, 2.05) is 48.5 Å². The largest absolute Gasteiger partial charge is 0.545 e. The van der Waals surface area contributed by atoms with Gasteiger partial charge in [0, 0.05) is 10.6 Å². The Morgan fingerprint density at radius 1 is 0.955 bits per heavy atom. The Hall–Kier alpha value is -2.36. The van der Waals surface area contributed by atoms with Crippen LogP contribution in [-0.2, 0) is 6.54 Å². The smallest absolute Gasteiger partial charge is 0.0997 e. The van der Waals surface area contributed by atoms with Crippen molar-refractivity contribution in [2.75, 3.05) is 0 Å². The molecule has 0 amide bonds. The first-order valence-electron chi connectivity index (χ1n) is 6.84. The fourth-order valence-corrected chi connectivity index (χ4v) is 2.22. The second-order valence-electron chi connectivity index (χ2n) is 4.73. The molecule has 0 unspecified atom stereocenters. The van der Waals surface area contributed by atoms with Gasteiger partial charge in [-0.2, -0.15) is 0 Å². The van der Waals surface area contributed by atoms with Crippen LogP contribution in [0.2, 0.25) is 5.02 Å². The zero-order valence-electron chi connectivity index (χ0n) is 12.0. The Morgan fingerprint density at radius 2 is 1.68 bits per heavy atom. The minimum atomic E-state index is -1.13. The van der Waals surface area contributed by atoms with Crippen LogP contribution >= 0.6 is 11.6 Å². The normalized spacial score (nSPS) is 9.91. The summed E-state index contributed by atoms with van der Waals surface area (Å²) in [5, 5.41) is 13.3. The van der Waals surface area contributed by atoms with Gasteiger partial charge in [-0.3, -0.25) is 0 Å². The van der Waals surface area contributed by atoms with Crippen LogP contribution in [0.3, 0.4) is 0 Å². The van der Waals surface area contributed by atoms with E-state index in [2.05, 4.69) is 5.73 Å². The number of carbonyl (C=O) groups is 1. The van der Waals surface area contributed by atoms with E-state index in [4.69, 9.17) is 11.6 Å². The molecule has 0 heterocycles. The van der Waals surface area contributed by atoms with Gasteiger partial charge in [0.05, 0.1) is 12.5 Å². The molecule has 3 nitrogen and oxygen atoms in total. The van der Waals surface area contributed by atoms with Gasteiger partial charge < -0.3 is 15.6 Å². The highest BCUT2D eigenvalue weighted by molar-refractivity contribution is 6.30. The number of fused-ring (bicyclic) bond motifs is 1. The van der Waals surface area contributed by atoms with Crippen molar-refractivity contribution in [3.8, 4) is 0 Å². The fourth-order valence-electron chi connectivity index (χ4n) is 2.01. The first-order valence-corrected chi connectivity index (χ1v) is 7.22. The molecule has 0 saturated heterocycles. The summed E-state index contributed by atoms with van der Waals surface area (Å²) in [5.41, 5.74) is 5.14. The number of carboxylic acids is 1. The van der Waals surface area contributed by atoms with E-state index < -0.39 is 5.97 Å². The Labute approximate surface area is 134 Å². The molecule has 0 aliphatic carbocycles. The number of carboxylic acid groups (broad SMARTS) is 1. The number of hydrogen-bond acceptors (Lipinski definition) is 2. The van der Waals surface area contributed by atoms with E-state index in [1.165, 1.54) is 5.56 Å². The number of hydrogen-bond donors (Lipinski definition) is 1. The SMILES string of the molecule is O=C([O-])c1ccc2ccccc2c1.[NH3+]Cc1cccc(Cl)c1. The molecule has 0 saturated carbocycles. The molecule has 0 radical (unpaired) electrons. The van der Waals surface area contributed by atoms with Crippen molar-refractivity contribution in [1.82, 2.24) is 0 Å². The number of halogens is 1. The molecule has 3 aromatic carbocycles. The Morgan fingerprint density at radius 3 is 2.27 bits per heavy atom. The molecule has 3 aromatic rings. The monoisotopic (exact) mass is 313 g/mol. The zero-order chi connectivity index (χ0) is 15.9. The lowest BCUT2D eigenvalue weighted by atomic mass is 10.1. The first kappa shape index (κ1) is 16.0. The van der Waals surface area contributed by atoms with Crippen LogP contribution in [0.5, 0.6) is 0 Å². The first-order chi connectivity index (χ1) is 10.6. The summed E-state index contributed by atoms with van der Waals surface area (Å²) >= 11 is 5.70. The third kappa shape index (κ3) is 4.32. The molecule has 0 atom stereocenters. The Balaban J connectivity index is 0.000000172. The number of carbonyl (C=O) groups excluding carboxylic acids is 1. The summed E-state index contributed by atoms with van der Waals surface area (Å²) in [6, 6.07) is 20.3. The highest BCUT2D eigenvalue weighted by atomic mass is 35.5. The van der Waals surface area contributed by atoms with Gasteiger partial charge in [-0.1, -0.05) is 60.1 Å². The van der Waals surface area contributed by atoms with Crippen molar-refractivity contribution >= 4 is 28.3 Å². The van der Waals surface area contributed by atoms with Gasteiger partial charge in [-0.05, 0) is 34.5 Å². The van der Waals surface area contributed by atoms with Gasteiger partial charge in [0.15, 0.2) is 0 Å². The maximum atomic E-state index is 10.5. The minimum absolute atomic E-state index is 0.221. The summed E-state index contributed by atoms with van der Waals surface area (Å²) in [5.74, 6) is -1.13. The Bertz CT molecular complexity index is 787. The lowest BCUT2D eigenvalue weighted by Crippen LogP contribution is -2.47. The number of quaternary nitrogens is 1. The zero-order valence-corrected chi connectivity index (χ0v) is 12.7. The molecule has 22 heavy (non-hydrogen) atoms. The maximum absolute atomic E-state index is 10.5. The highest BCUT2D eigenvalue weighted by Gasteiger charge is 1.95. The molecule has 3 N–H and O–H groups in total. The quantitative estimate of drug-likeness (QED) is 0.788. The maximum Gasteiger partial charge on any atom is 0.0997 e. The van der Waals surface area contributed by atoms with Gasteiger partial charge >= 0.3 is 0 Å². The molecule has 3 rings (SSSR count). The summed E-state index contributed by atoms with van der Waals surface area (Å²) < 4.78 is 0. The topological polar surface area (TPSA) is 67.8 Å². The fraction of sp³-hybridized carbons (Fsp3) is 0.0556. The Kier molecular flexibility index (Phi) is 5.53. The minimum Gasteiger partial charge on any atom is -0.545 e. The van der Waals surface area contributed by atoms with Gasteiger partial charge in [-0.15, -0.1) is 0 Å². The predicted molar refractivity (Wildman–Crippen MR) is 86.3 cm³/mol. The van der Waals surface area contributed by atoms with Crippen molar-refractivity contribution in [3.63, 3.8) is 0 Å². The number of benzene rings is 3. The van der Waals surface area contributed by atoms with Crippen LogP contribution in [-0.4, -0.2) is 5.97 Å². The summed E-state index contributed by atoms with van der Waals surface area (Å²) in [6.45, 7) is 0.806. The van der Waals surface area contributed by atoms with E-state index in [0.717, 1.165) is 22.3 Å². The van der Waals surface area contributed by atoms with Crippen LogP contribution < -0.4 is 10.8 Å². The van der Waals surface area contributed by atoms with Crippen molar-refractivity contribution in [3.05, 3.63) is 82.9 Å². The van der Waals surface area contributed by atoms with Crippen LogP contribution in [0.25, 0.3) is 10.8 Å². The van der Waals surface area contributed by atoms with Gasteiger partial charge in [0.25, 0.3) is 0 Å². The van der Waals surface area contributed by atoms with Crippen molar-refractivity contribution in [2.45, 2.75) is 6.54 Å². The average molecular weight is 314 g/mol.